The van der Waals surface area contributed by atoms with Crippen molar-refractivity contribution >= 4 is 5.91 Å². The third-order valence-electron chi connectivity index (χ3n) is 6.19. The molecule has 1 unspecified atom stereocenters. The molecular formula is C23H31FN4O2. The summed E-state index contributed by atoms with van der Waals surface area (Å²) in [5, 5.41) is 4.17. The largest absolute Gasteiger partial charge is 0.376 e. The number of hydrogen-bond donors (Lipinski definition) is 0. The van der Waals surface area contributed by atoms with Gasteiger partial charge in [-0.05, 0) is 56.8 Å². The van der Waals surface area contributed by atoms with Crippen LogP contribution in [0.3, 0.4) is 0 Å². The molecule has 1 amide bonds. The van der Waals surface area contributed by atoms with Crippen LogP contribution in [0.1, 0.15) is 31.2 Å². The maximum atomic E-state index is 13.9. The normalized spacial score (nSPS) is 20.5. The number of nitrogens with zero attached hydrogens (tertiary/aromatic N) is 4. The lowest BCUT2D eigenvalue weighted by atomic mass is 9.95. The Kier molecular flexibility index (Phi) is 7.12. The highest BCUT2D eigenvalue weighted by molar-refractivity contribution is 5.76. The highest BCUT2D eigenvalue weighted by Crippen LogP contribution is 2.22. The van der Waals surface area contributed by atoms with Crippen LogP contribution >= 0.6 is 0 Å². The molecule has 2 aliphatic rings. The van der Waals surface area contributed by atoms with Crippen LogP contribution in [0.4, 0.5) is 4.39 Å². The second-order valence-corrected chi connectivity index (χ2v) is 8.45. The SMILES string of the molecule is O=C(Cn1cccn1)N(CC1CCN(Cc2ccccc2F)CC1)CC1CCCO1. The van der Waals surface area contributed by atoms with Crippen molar-refractivity contribution in [3.8, 4) is 0 Å². The molecule has 1 aromatic carbocycles. The van der Waals surface area contributed by atoms with Gasteiger partial charge in [-0.2, -0.15) is 5.10 Å². The number of halogens is 1. The number of benzene rings is 1. The zero-order valence-electron chi connectivity index (χ0n) is 17.5. The summed E-state index contributed by atoms with van der Waals surface area (Å²) in [5.74, 6) is 0.430. The summed E-state index contributed by atoms with van der Waals surface area (Å²) < 4.78 is 21.4. The smallest absolute Gasteiger partial charge is 0.244 e. The van der Waals surface area contributed by atoms with E-state index in [0.717, 1.165) is 57.5 Å². The third kappa shape index (κ3) is 5.67. The van der Waals surface area contributed by atoms with Crippen LogP contribution in [-0.2, 0) is 22.6 Å². The van der Waals surface area contributed by atoms with Crippen molar-refractivity contribution in [3.63, 3.8) is 0 Å². The number of carbonyl (C=O) groups is 1. The Balaban J connectivity index is 1.31. The van der Waals surface area contributed by atoms with E-state index >= 15 is 0 Å². The van der Waals surface area contributed by atoms with Crippen molar-refractivity contribution < 1.29 is 13.9 Å². The van der Waals surface area contributed by atoms with Crippen LogP contribution < -0.4 is 0 Å². The molecule has 162 valence electrons. The zero-order chi connectivity index (χ0) is 20.8. The average Bonchev–Trinajstić information content (AvgIpc) is 3.45. The summed E-state index contributed by atoms with van der Waals surface area (Å²) in [4.78, 5) is 17.3. The summed E-state index contributed by atoms with van der Waals surface area (Å²) in [5.41, 5.74) is 0.755. The first kappa shape index (κ1) is 21.0. The van der Waals surface area contributed by atoms with Gasteiger partial charge in [0.15, 0.2) is 0 Å². The van der Waals surface area contributed by atoms with E-state index in [9.17, 15) is 9.18 Å². The Bertz CT molecular complexity index is 799. The topological polar surface area (TPSA) is 50.6 Å². The highest BCUT2D eigenvalue weighted by Gasteiger charge is 2.27. The first-order chi connectivity index (χ1) is 14.7. The van der Waals surface area contributed by atoms with Gasteiger partial charge in [-0.15, -0.1) is 0 Å². The van der Waals surface area contributed by atoms with E-state index in [4.69, 9.17) is 4.74 Å². The van der Waals surface area contributed by atoms with Crippen molar-refractivity contribution in [2.24, 2.45) is 5.92 Å². The van der Waals surface area contributed by atoms with E-state index < -0.39 is 0 Å². The Morgan fingerprint density at radius 1 is 1.17 bits per heavy atom. The van der Waals surface area contributed by atoms with Crippen LogP contribution in [0.25, 0.3) is 0 Å². The minimum atomic E-state index is -0.133. The molecule has 30 heavy (non-hydrogen) atoms. The van der Waals surface area contributed by atoms with Crippen molar-refractivity contribution in [2.45, 2.75) is 44.9 Å². The first-order valence-corrected chi connectivity index (χ1v) is 11.0. The van der Waals surface area contributed by atoms with Gasteiger partial charge in [0.1, 0.15) is 12.4 Å². The number of aromatic nitrogens is 2. The van der Waals surface area contributed by atoms with E-state index in [0.29, 0.717) is 19.0 Å². The van der Waals surface area contributed by atoms with Gasteiger partial charge in [0.25, 0.3) is 0 Å². The molecule has 2 fully saturated rings. The second-order valence-electron chi connectivity index (χ2n) is 8.45. The lowest BCUT2D eigenvalue weighted by molar-refractivity contribution is -0.134. The molecule has 0 radical (unpaired) electrons. The summed E-state index contributed by atoms with van der Waals surface area (Å²) >= 11 is 0. The van der Waals surface area contributed by atoms with Crippen LogP contribution in [0, 0.1) is 11.7 Å². The molecule has 1 atom stereocenters. The molecule has 3 heterocycles. The third-order valence-corrected chi connectivity index (χ3v) is 6.19. The molecule has 2 saturated heterocycles. The molecule has 7 heteroatoms. The van der Waals surface area contributed by atoms with Crippen LogP contribution in [0.15, 0.2) is 42.7 Å². The molecule has 6 nitrogen and oxygen atoms in total. The minimum Gasteiger partial charge on any atom is -0.376 e. The molecule has 2 aliphatic heterocycles. The Hall–Kier alpha value is -2.25. The standard InChI is InChI=1S/C23H31FN4O2/c24-22-7-2-1-5-20(22)16-26-12-8-19(9-13-26)15-27(17-21-6-3-14-30-21)23(29)18-28-11-4-10-25-28/h1-2,4-5,7,10-11,19,21H,3,6,8-9,12-18H2. The van der Waals surface area contributed by atoms with E-state index in [1.54, 1.807) is 16.9 Å². The Labute approximate surface area is 177 Å². The summed E-state index contributed by atoms with van der Waals surface area (Å²) in [6.07, 6.45) is 7.80. The van der Waals surface area contributed by atoms with E-state index in [2.05, 4.69) is 10.00 Å². The molecule has 1 aromatic heterocycles. The highest BCUT2D eigenvalue weighted by atomic mass is 19.1. The predicted octanol–water partition coefficient (Wildman–Crippen LogP) is 2.94. The lowest BCUT2D eigenvalue weighted by Gasteiger charge is -2.35. The molecule has 2 aromatic rings. The summed E-state index contributed by atoms with van der Waals surface area (Å²) in [7, 11) is 0. The van der Waals surface area contributed by atoms with Gasteiger partial charge in [-0.25, -0.2) is 4.39 Å². The van der Waals surface area contributed by atoms with Gasteiger partial charge >= 0.3 is 0 Å². The van der Waals surface area contributed by atoms with E-state index in [-0.39, 0.29) is 24.4 Å². The van der Waals surface area contributed by atoms with Crippen molar-refractivity contribution in [1.82, 2.24) is 19.6 Å². The molecule has 0 bridgehead atoms. The zero-order valence-corrected chi connectivity index (χ0v) is 17.5. The second kappa shape index (κ2) is 10.2. The van der Waals surface area contributed by atoms with Gasteiger partial charge in [0.05, 0.1) is 6.10 Å². The lowest BCUT2D eigenvalue weighted by Crippen LogP contribution is -2.44. The number of ether oxygens (including phenoxy) is 1. The Morgan fingerprint density at radius 2 is 2.00 bits per heavy atom. The number of amides is 1. The van der Waals surface area contributed by atoms with Crippen molar-refractivity contribution in [1.29, 1.82) is 0 Å². The molecule has 0 N–H and O–H groups in total. The molecule has 0 spiro atoms. The van der Waals surface area contributed by atoms with Crippen LogP contribution in [0.5, 0.6) is 0 Å². The van der Waals surface area contributed by atoms with Crippen LogP contribution in [-0.4, -0.2) is 64.4 Å². The Morgan fingerprint density at radius 3 is 2.70 bits per heavy atom. The molecule has 4 rings (SSSR count). The fourth-order valence-electron chi connectivity index (χ4n) is 4.45. The van der Waals surface area contributed by atoms with E-state index in [1.165, 1.54) is 6.07 Å². The quantitative estimate of drug-likeness (QED) is 0.667. The number of carbonyl (C=O) groups excluding carboxylic acids is 1. The summed E-state index contributed by atoms with van der Waals surface area (Å²) in [6, 6.07) is 8.84. The van der Waals surface area contributed by atoms with Crippen molar-refractivity contribution in [2.75, 3.05) is 32.8 Å². The number of rotatable bonds is 8. The van der Waals surface area contributed by atoms with Gasteiger partial charge < -0.3 is 9.64 Å². The molecule has 0 aliphatic carbocycles. The number of piperidine rings is 1. The predicted molar refractivity (Wildman–Crippen MR) is 112 cm³/mol. The van der Waals surface area contributed by atoms with Gasteiger partial charge in [0.2, 0.25) is 5.91 Å². The molecular weight excluding hydrogens is 383 g/mol. The fourth-order valence-corrected chi connectivity index (χ4v) is 4.45. The minimum absolute atomic E-state index is 0.1000. The van der Waals surface area contributed by atoms with E-state index in [1.807, 2.05) is 29.3 Å². The fraction of sp³-hybridized carbons (Fsp3) is 0.565. The first-order valence-electron chi connectivity index (χ1n) is 11.0. The number of hydrogen-bond acceptors (Lipinski definition) is 4. The van der Waals surface area contributed by atoms with Crippen molar-refractivity contribution in [3.05, 3.63) is 54.1 Å². The monoisotopic (exact) mass is 414 g/mol. The maximum absolute atomic E-state index is 13.9. The van der Waals surface area contributed by atoms with Crippen LogP contribution in [0.2, 0.25) is 0 Å². The number of likely N-dealkylation sites (tertiary alicyclic amines) is 1. The molecule has 0 saturated carbocycles. The van der Waals surface area contributed by atoms with Gasteiger partial charge in [-0.3, -0.25) is 14.4 Å². The summed E-state index contributed by atoms with van der Waals surface area (Å²) in [6.45, 7) is 4.99. The maximum Gasteiger partial charge on any atom is 0.244 e. The van der Waals surface area contributed by atoms with Gasteiger partial charge in [0, 0.05) is 44.2 Å². The van der Waals surface area contributed by atoms with Gasteiger partial charge in [-0.1, -0.05) is 18.2 Å². The average molecular weight is 415 g/mol.